The van der Waals surface area contributed by atoms with Crippen molar-refractivity contribution in [1.82, 2.24) is 0 Å². The maximum Gasteiger partial charge on any atom is -0.0202 e. The number of hydrogen-bond acceptors (Lipinski definition) is 0. The van der Waals surface area contributed by atoms with Crippen LogP contribution >= 0.6 is 0 Å². The molecule has 0 N–H and O–H groups in total. The van der Waals surface area contributed by atoms with E-state index in [1.165, 1.54) is 38.5 Å². The number of allylic oxidation sites excluding steroid dienone is 2. The van der Waals surface area contributed by atoms with E-state index in [4.69, 9.17) is 0 Å². The molecule has 0 heterocycles. The molecule has 1 fully saturated rings. The Balaban J connectivity index is 2.20. The van der Waals surface area contributed by atoms with E-state index >= 15 is 0 Å². The molecule has 2 rings (SSSR count). The maximum absolute atomic E-state index is 2.55. The third kappa shape index (κ3) is 2.14. The van der Waals surface area contributed by atoms with Crippen molar-refractivity contribution in [2.75, 3.05) is 0 Å². The fraction of sp³-hybridized carbons (Fsp3) is 0.867. The van der Waals surface area contributed by atoms with Gasteiger partial charge in [-0.3, -0.25) is 0 Å². The zero-order valence-corrected chi connectivity index (χ0v) is 10.9. The summed E-state index contributed by atoms with van der Waals surface area (Å²) < 4.78 is 0. The lowest BCUT2D eigenvalue weighted by molar-refractivity contribution is 0.0369. The standard InChI is InChI=1S/C15H26/c1-12-6-9-15(13(2)10-12)8-5-7-14(3,4)11-15/h10,13H,5-9,11H2,1-4H3/t13-,15+/m0/s1. The van der Waals surface area contributed by atoms with Crippen LogP contribution in [0.5, 0.6) is 0 Å². The third-order valence-electron chi connectivity index (χ3n) is 4.88. The summed E-state index contributed by atoms with van der Waals surface area (Å²) in [5.74, 6) is 0.811. The fourth-order valence-electron chi connectivity index (χ4n) is 4.01. The molecule has 15 heavy (non-hydrogen) atoms. The smallest absolute Gasteiger partial charge is 0.0202 e. The molecule has 1 spiro atoms. The van der Waals surface area contributed by atoms with Crippen LogP contribution in [0, 0.1) is 16.7 Å². The summed E-state index contributed by atoms with van der Waals surface area (Å²) >= 11 is 0. The van der Waals surface area contributed by atoms with Gasteiger partial charge in [0.1, 0.15) is 0 Å². The molecule has 0 bridgehead atoms. The average Bonchev–Trinajstić information content (AvgIpc) is 2.11. The molecule has 0 unspecified atom stereocenters. The number of rotatable bonds is 0. The summed E-state index contributed by atoms with van der Waals surface area (Å²) in [7, 11) is 0. The summed E-state index contributed by atoms with van der Waals surface area (Å²) in [6, 6.07) is 0. The van der Waals surface area contributed by atoms with E-state index in [2.05, 4.69) is 33.8 Å². The van der Waals surface area contributed by atoms with Crippen LogP contribution in [0.1, 0.15) is 66.2 Å². The summed E-state index contributed by atoms with van der Waals surface area (Å²) in [6.45, 7) is 9.68. The van der Waals surface area contributed by atoms with Gasteiger partial charge in [-0.15, -0.1) is 0 Å². The molecule has 0 aromatic carbocycles. The minimum Gasteiger partial charge on any atom is -0.0822 e. The highest BCUT2D eigenvalue weighted by molar-refractivity contribution is 5.12. The third-order valence-corrected chi connectivity index (χ3v) is 4.88. The Labute approximate surface area is 95.1 Å². The lowest BCUT2D eigenvalue weighted by Gasteiger charge is -2.50. The second-order valence-corrected chi connectivity index (χ2v) is 6.86. The SMILES string of the molecule is CC1=C[C@H](C)[C@]2(CCCC(C)(C)C2)CC1. The van der Waals surface area contributed by atoms with Crippen LogP contribution in [0.25, 0.3) is 0 Å². The first kappa shape index (κ1) is 11.2. The van der Waals surface area contributed by atoms with Gasteiger partial charge in [0.15, 0.2) is 0 Å². The van der Waals surface area contributed by atoms with Crippen molar-refractivity contribution in [2.24, 2.45) is 16.7 Å². The summed E-state index contributed by atoms with van der Waals surface area (Å²) in [6.07, 6.45) is 11.1. The molecule has 0 aromatic rings. The van der Waals surface area contributed by atoms with Crippen molar-refractivity contribution < 1.29 is 0 Å². The Morgan fingerprint density at radius 1 is 1.20 bits per heavy atom. The Bertz CT molecular complexity index is 272. The second kappa shape index (κ2) is 3.64. The van der Waals surface area contributed by atoms with Crippen molar-refractivity contribution in [2.45, 2.75) is 66.2 Å². The van der Waals surface area contributed by atoms with Crippen LogP contribution in [0.2, 0.25) is 0 Å². The summed E-state index contributed by atoms with van der Waals surface area (Å²) in [5.41, 5.74) is 2.86. The first-order valence-corrected chi connectivity index (χ1v) is 6.61. The van der Waals surface area contributed by atoms with Crippen LogP contribution in [-0.2, 0) is 0 Å². The zero-order valence-electron chi connectivity index (χ0n) is 10.9. The van der Waals surface area contributed by atoms with Gasteiger partial charge < -0.3 is 0 Å². The van der Waals surface area contributed by atoms with Crippen molar-refractivity contribution in [3.8, 4) is 0 Å². The molecule has 0 aliphatic heterocycles. The van der Waals surface area contributed by atoms with Crippen molar-refractivity contribution in [3.63, 3.8) is 0 Å². The topological polar surface area (TPSA) is 0 Å². The van der Waals surface area contributed by atoms with Gasteiger partial charge in [0.25, 0.3) is 0 Å². The van der Waals surface area contributed by atoms with E-state index < -0.39 is 0 Å². The van der Waals surface area contributed by atoms with Gasteiger partial charge in [0, 0.05) is 0 Å². The summed E-state index contributed by atoms with van der Waals surface area (Å²) in [5, 5.41) is 0. The molecule has 0 heteroatoms. The van der Waals surface area contributed by atoms with Crippen LogP contribution < -0.4 is 0 Å². The molecule has 2 aliphatic rings. The van der Waals surface area contributed by atoms with E-state index in [1.54, 1.807) is 5.57 Å². The predicted octanol–water partition coefficient (Wildman–Crippen LogP) is 4.95. The van der Waals surface area contributed by atoms with Gasteiger partial charge in [0.05, 0.1) is 0 Å². The van der Waals surface area contributed by atoms with Crippen molar-refractivity contribution in [3.05, 3.63) is 11.6 Å². The highest BCUT2D eigenvalue weighted by atomic mass is 14.5. The van der Waals surface area contributed by atoms with Gasteiger partial charge in [-0.05, 0) is 55.8 Å². The monoisotopic (exact) mass is 206 g/mol. The van der Waals surface area contributed by atoms with Crippen LogP contribution in [0.15, 0.2) is 11.6 Å². The van der Waals surface area contributed by atoms with Gasteiger partial charge in [-0.2, -0.15) is 0 Å². The lowest BCUT2D eigenvalue weighted by Crippen LogP contribution is -2.39. The molecule has 2 atom stereocenters. The molecule has 1 saturated carbocycles. The predicted molar refractivity (Wildman–Crippen MR) is 66.8 cm³/mol. The van der Waals surface area contributed by atoms with E-state index in [0.717, 1.165) is 5.92 Å². The molecule has 86 valence electrons. The molecular formula is C15H26. The molecule has 0 saturated heterocycles. The Hall–Kier alpha value is -0.260. The molecule has 0 aromatic heterocycles. The van der Waals surface area contributed by atoms with E-state index in [0.29, 0.717) is 10.8 Å². The van der Waals surface area contributed by atoms with Gasteiger partial charge in [-0.25, -0.2) is 0 Å². The van der Waals surface area contributed by atoms with Crippen molar-refractivity contribution >= 4 is 0 Å². The molecular weight excluding hydrogens is 180 g/mol. The van der Waals surface area contributed by atoms with E-state index in [1.807, 2.05) is 0 Å². The maximum atomic E-state index is 2.55. The highest BCUT2D eigenvalue weighted by Crippen LogP contribution is 2.55. The van der Waals surface area contributed by atoms with Crippen LogP contribution in [-0.4, -0.2) is 0 Å². The fourth-order valence-corrected chi connectivity index (χ4v) is 4.01. The minimum absolute atomic E-state index is 0.589. The van der Waals surface area contributed by atoms with Crippen molar-refractivity contribution in [1.29, 1.82) is 0 Å². The highest BCUT2D eigenvalue weighted by Gasteiger charge is 2.43. The lowest BCUT2D eigenvalue weighted by atomic mass is 9.55. The van der Waals surface area contributed by atoms with E-state index in [9.17, 15) is 0 Å². The minimum atomic E-state index is 0.589. The summed E-state index contributed by atoms with van der Waals surface area (Å²) in [4.78, 5) is 0. The average molecular weight is 206 g/mol. The molecule has 0 nitrogen and oxygen atoms in total. The van der Waals surface area contributed by atoms with Gasteiger partial charge in [-0.1, -0.05) is 38.8 Å². The first-order chi connectivity index (χ1) is 6.94. The largest absolute Gasteiger partial charge is 0.0822 e. The number of hydrogen-bond donors (Lipinski definition) is 0. The Kier molecular flexibility index (Phi) is 2.73. The van der Waals surface area contributed by atoms with Gasteiger partial charge in [0.2, 0.25) is 0 Å². The van der Waals surface area contributed by atoms with Gasteiger partial charge >= 0.3 is 0 Å². The van der Waals surface area contributed by atoms with E-state index in [-0.39, 0.29) is 0 Å². The first-order valence-electron chi connectivity index (χ1n) is 6.61. The Morgan fingerprint density at radius 2 is 1.93 bits per heavy atom. The molecule has 0 radical (unpaired) electrons. The zero-order chi connectivity index (χ0) is 11.1. The molecule has 2 aliphatic carbocycles. The normalized spacial score (nSPS) is 40.3. The quantitative estimate of drug-likeness (QED) is 0.492. The van der Waals surface area contributed by atoms with Crippen LogP contribution in [0.4, 0.5) is 0 Å². The second-order valence-electron chi connectivity index (χ2n) is 6.86. The Morgan fingerprint density at radius 3 is 2.53 bits per heavy atom. The molecule has 0 amide bonds. The van der Waals surface area contributed by atoms with Crippen LogP contribution in [0.3, 0.4) is 0 Å².